The second kappa shape index (κ2) is 9.51. The van der Waals surface area contributed by atoms with Crippen molar-refractivity contribution in [3.05, 3.63) is 65.7 Å². The van der Waals surface area contributed by atoms with Crippen LogP contribution in [0.4, 0.5) is 5.69 Å². The molecule has 2 aromatic rings. The molecule has 0 bridgehead atoms. The Kier molecular flexibility index (Phi) is 6.82. The molecule has 1 aliphatic heterocycles. The summed E-state index contributed by atoms with van der Waals surface area (Å²) in [6.07, 6.45) is 2.08. The summed E-state index contributed by atoms with van der Waals surface area (Å²) in [5.74, 6) is -0.167. The molecule has 0 radical (unpaired) electrons. The number of hydrogen-bond donors (Lipinski definition) is 2. The van der Waals surface area contributed by atoms with E-state index in [9.17, 15) is 9.59 Å². The Balaban J connectivity index is 1.53. The summed E-state index contributed by atoms with van der Waals surface area (Å²) >= 11 is 0. The lowest BCUT2D eigenvalue weighted by Crippen LogP contribution is -2.47. The molecule has 2 aromatic carbocycles. The molecule has 0 saturated carbocycles. The highest BCUT2D eigenvalue weighted by Crippen LogP contribution is 2.15. The van der Waals surface area contributed by atoms with Gasteiger partial charge in [-0.05, 0) is 49.2 Å². The zero-order chi connectivity index (χ0) is 19.9. The molecule has 0 aliphatic carbocycles. The van der Waals surface area contributed by atoms with E-state index in [0.717, 1.165) is 32.5 Å². The van der Waals surface area contributed by atoms with Crippen LogP contribution in [0.3, 0.4) is 0 Å². The quantitative estimate of drug-likeness (QED) is 0.805. The molecule has 1 aliphatic rings. The Bertz CT molecular complexity index is 787. The lowest BCUT2D eigenvalue weighted by Gasteiger charge is -2.33. The molecule has 5 heteroatoms. The zero-order valence-electron chi connectivity index (χ0n) is 16.7. The molecular weight excluding hydrogens is 350 g/mol. The molecule has 1 unspecified atom stereocenters. The lowest BCUT2D eigenvalue weighted by molar-refractivity contribution is -0.118. The van der Waals surface area contributed by atoms with Crippen molar-refractivity contribution >= 4 is 17.5 Å². The summed E-state index contributed by atoms with van der Waals surface area (Å²) in [6, 6.07) is 17.7. The van der Waals surface area contributed by atoms with Crippen molar-refractivity contribution in [2.24, 2.45) is 5.92 Å². The minimum Gasteiger partial charge on any atom is -0.348 e. The summed E-state index contributed by atoms with van der Waals surface area (Å²) in [4.78, 5) is 26.8. The Morgan fingerprint density at radius 2 is 1.79 bits per heavy atom. The first-order chi connectivity index (χ1) is 13.5. The van der Waals surface area contributed by atoms with Gasteiger partial charge in [0.1, 0.15) is 0 Å². The number of piperidine rings is 1. The SMILES string of the molecule is CC(C)C(=O)Nc1ccc(C(=O)NC2CCCN(Cc3ccccc3)C2)cc1. The maximum atomic E-state index is 12.6. The van der Waals surface area contributed by atoms with Crippen LogP contribution in [0.1, 0.15) is 42.6 Å². The molecular formula is C23H29N3O2. The second-order valence-corrected chi connectivity index (χ2v) is 7.75. The van der Waals surface area contributed by atoms with E-state index in [2.05, 4.69) is 39.8 Å². The highest BCUT2D eigenvalue weighted by molar-refractivity contribution is 5.96. The summed E-state index contributed by atoms with van der Waals surface area (Å²) in [5, 5.41) is 6.00. The van der Waals surface area contributed by atoms with E-state index in [1.165, 1.54) is 5.56 Å². The summed E-state index contributed by atoms with van der Waals surface area (Å²) in [5.41, 5.74) is 2.62. The van der Waals surface area contributed by atoms with E-state index in [1.807, 2.05) is 19.9 Å². The summed E-state index contributed by atoms with van der Waals surface area (Å²) in [6.45, 7) is 6.54. The molecule has 1 fully saturated rings. The molecule has 1 atom stereocenters. The Labute approximate surface area is 167 Å². The van der Waals surface area contributed by atoms with E-state index in [1.54, 1.807) is 24.3 Å². The number of carbonyl (C=O) groups is 2. The van der Waals surface area contributed by atoms with Crippen LogP contribution < -0.4 is 10.6 Å². The number of likely N-dealkylation sites (tertiary alicyclic amines) is 1. The molecule has 0 spiro atoms. The standard InChI is InChI=1S/C23H29N3O2/c1-17(2)22(27)24-20-12-10-19(11-13-20)23(28)25-21-9-6-14-26(16-21)15-18-7-4-3-5-8-18/h3-5,7-8,10-13,17,21H,6,9,14-16H2,1-2H3,(H,24,27)(H,25,28). The molecule has 0 aromatic heterocycles. The smallest absolute Gasteiger partial charge is 0.251 e. The molecule has 5 nitrogen and oxygen atoms in total. The fraction of sp³-hybridized carbons (Fsp3) is 0.391. The van der Waals surface area contributed by atoms with Gasteiger partial charge in [0.05, 0.1) is 0 Å². The molecule has 1 saturated heterocycles. The molecule has 1 heterocycles. The first-order valence-corrected chi connectivity index (χ1v) is 9.99. The fourth-order valence-corrected chi connectivity index (χ4v) is 3.42. The van der Waals surface area contributed by atoms with Gasteiger partial charge in [0.15, 0.2) is 0 Å². The lowest BCUT2D eigenvalue weighted by atomic mass is 10.0. The molecule has 2 N–H and O–H groups in total. The highest BCUT2D eigenvalue weighted by atomic mass is 16.2. The predicted octanol–water partition coefficient (Wildman–Crippen LogP) is 3.68. The van der Waals surface area contributed by atoms with Crippen molar-refractivity contribution in [3.63, 3.8) is 0 Å². The highest BCUT2D eigenvalue weighted by Gasteiger charge is 2.22. The number of rotatable bonds is 6. The van der Waals surface area contributed by atoms with Gasteiger partial charge in [-0.15, -0.1) is 0 Å². The Morgan fingerprint density at radius 1 is 1.07 bits per heavy atom. The minimum absolute atomic E-state index is 0.0297. The third-order valence-electron chi connectivity index (χ3n) is 5.03. The summed E-state index contributed by atoms with van der Waals surface area (Å²) in [7, 11) is 0. The zero-order valence-corrected chi connectivity index (χ0v) is 16.7. The molecule has 28 heavy (non-hydrogen) atoms. The van der Waals surface area contributed by atoms with Crippen molar-refractivity contribution in [1.29, 1.82) is 0 Å². The molecule has 148 valence electrons. The van der Waals surface area contributed by atoms with E-state index in [0.29, 0.717) is 11.3 Å². The van der Waals surface area contributed by atoms with Crippen molar-refractivity contribution < 1.29 is 9.59 Å². The number of amides is 2. The van der Waals surface area contributed by atoms with Gasteiger partial charge in [-0.25, -0.2) is 0 Å². The number of nitrogens with zero attached hydrogens (tertiary/aromatic N) is 1. The van der Waals surface area contributed by atoms with Gasteiger partial charge in [0, 0.05) is 36.3 Å². The van der Waals surface area contributed by atoms with Crippen LogP contribution in [-0.4, -0.2) is 35.8 Å². The second-order valence-electron chi connectivity index (χ2n) is 7.75. The minimum atomic E-state index is -0.0758. The van der Waals surface area contributed by atoms with Gasteiger partial charge < -0.3 is 10.6 Å². The summed E-state index contributed by atoms with van der Waals surface area (Å²) < 4.78 is 0. The van der Waals surface area contributed by atoms with Crippen LogP contribution in [0.15, 0.2) is 54.6 Å². The van der Waals surface area contributed by atoms with Crippen molar-refractivity contribution in [2.75, 3.05) is 18.4 Å². The maximum Gasteiger partial charge on any atom is 0.251 e. The van der Waals surface area contributed by atoms with Gasteiger partial charge in [-0.2, -0.15) is 0 Å². The van der Waals surface area contributed by atoms with Gasteiger partial charge in [-0.3, -0.25) is 14.5 Å². The topological polar surface area (TPSA) is 61.4 Å². The first kappa shape index (κ1) is 20.1. The largest absolute Gasteiger partial charge is 0.348 e. The van der Waals surface area contributed by atoms with E-state index < -0.39 is 0 Å². The van der Waals surface area contributed by atoms with Crippen LogP contribution in [0.25, 0.3) is 0 Å². The van der Waals surface area contributed by atoms with E-state index in [-0.39, 0.29) is 23.8 Å². The van der Waals surface area contributed by atoms with Crippen molar-refractivity contribution in [1.82, 2.24) is 10.2 Å². The Hall–Kier alpha value is -2.66. The van der Waals surface area contributed by atoms with Crippen LogP contribution in [0.2, 0.25) is 0 Å². The van der Waals surface area contributed by atoms with Crippen molar-refractivity contribution in [2.45, 2.75) is 39.3 Å². The third kappa shape index (κ3) is 5.67. The van der Waals surface area contributed by atoms with Gasteiger partial charge in [-0.1, -0.05) is 44.2 Å². The van der Waals surface area contributed by atoms with Crippen molar-refractivity contribution in [3.8, 4) is 0 Å². The average Bonchev–Trinajstić information content (AvgIpc) is 2.69. The number of carbonyl (C=O) groups excluding carboxylic acids is 2. The fourth-order valence-electron chi connectivity index (χ4n) is 3.42. The monoisotopic (exact) mass is 379 g/mol. The molecule has 3 rings (SSSR count). The van der Waals surface area contributed by atoms with Crippen LogP contribution >= 0.6 is 0 Å². The number of anilines is 1. The predicted molar refractivity (Wildman–Crippen MR) is 112 cm³/mol. The average molecular weight is 380 g/mol. The first-order valence-electron chi connectivity index (χ1n) is 9.99. The Morgan fingerprint density at radius 3 is 2.46 bits per heavy atom. The molecule has 2 amide bonds. The van der Waals surface area contributed by atoms with E-state index in [4.69, 9.17) is 0 Å². The normalized spacial score (nSPS) is 17.3. The van der Waals surface area contributed by atoms with Gasteiger partial charge in [0.2, 0.25) is 5.91 Å². The number of benzene rings is 2. The number of hydrogen-bond acceptors (Lipinski definition) is 3. The van der Waals surface area contributed by atoms with Gasteiger partial charge >= 0.3 is 0 Å². The van der Waals surface area contributed by atoms with E-state index >= 15 is 0 Å². The van der Waals surface area contributed by atoms with Crippen LogP contribution in [0, 0.1) is 5.92 Å². The van der Waals surface area contributed by atoms with Gasteiger partial charge in [0.25, 0.3) is 5.91 Å². The number of nitrogens with one attached hydrogen (secondary N) is 2. The van der Waals surface area contributed by atoms with Crippen LogP contribution in [0.5, 0.6) is 0 Å². The maximum absolute atomic E-state index is 12.6. The third-order valence-corrected chi connectivity index (χ3v) is 5.03. The van der Waals surface area contributed by atoms with Crippen LogP contribution in [-0.2, 0) is 11.3 Å².